The SMILES string of the molecule is Cc1nc(C2CCCC2)sc1C(=O)NS(=O)(=O)c1cccc(C#N)c1. The first-order chi connectivity index (χ1) is 11.9. The third-order valence-corrected chi connectivity index (χ3v) is 6.87. The lowest BCUT2D eigenvalue weighted by atomic mass is 10.1. The molecule has 6 nitrogen and oxygen atoms in total. The van der Waals surface area contributed by atoms with Crippen LogP contribution in [0.4, 0.5) is 0 Å². The number of thiazole rings is 1. The first kappa shape index (κ1) is 17.6. The highest BCUT2D eigenvalue weighted by atomic mass is 32.2. The van der Waals surface area contributed by atoms with E-state index in [1.165, 1.54) is 35.6 Å². The van der Waals surface area contributed by atoms with Crippen molar-refractivity contribution in [3.8, 4) is 6.07 Å². The van der Waals surface area contributed by atoms with Gasteiger partial charge in [-0.05, 0) is 38.0 Å². The molecule has 1 amide bonds. The lowest BCUT2D eigenvalue weighted by Gasteiger charge is -2.06. The van der Waals surface area contributed by atoms with E-state index in [4.69, 9.17) is 5.26 Å². The van der Waals surface area contributed by atoms with Gasteiger partial charge in [0.15, 0.2) is 0 Å². The van der Waals surface area contributed by atoms with Crippen LogP contribution in [0.25, 0.3) is 0 Å². The average Bonchev–Trinajstić information content (AvgIpc) is 3.23. The summed E-state index contributed by atoms with van der Waals surface area (Å²) < 4.78 is 26.9. The second-order valence-electron chi connectivity index (χ2n) is 6.02. The number of rotatable bonds is 4. The molecule has 0 aliphatic heterocycles. The summed E-state index contributed by atoms with van der Waals surface area (Å²) in [6.45, 7) is 1.72. The van der Waals surface area contributed by atoms with E-state index in [-0.39, 0.29) is 10.5 Å². The van der Waals surface area contributed by atoms with Gasteiger partial charge in [0.05, 0.1) is 27.2 Å². The Morgan fingerprint density at radius 2 is 2.08 bits per heavy atom. The largest absolute Gasteiger partial charge is 0.276 e. The second-order valence-corrected chi connectivity index (χ2v) is 8.74. The Balaban J connectivity index is 1.83. The molecule has 1 aromatic heterocycles. The highest BCUT2D eigenvalue weighted by Gasteiger charge is 2.26. The molecule has 1 heterocycles. The molecule has 1 saturated carbocycles. The van der Waals surface area contributed by atoms with Crippen LogP contribution in [0.1, 0.15) is 57.5 Å². The molecular weight excluding hydrogens is 358 g/mol. The number of aryl methyl sites for hydroxylation is 1. The fourth-order valence-corrected chi connectivity index (χ4v) is 5.14. The van der Waals surface area contributed by atoms with Crippen molar-refractivity contribution in [1.29, 1.82) is 5.26 Å². The zero-order valence-electron chi connectivity index (χ0n) is 13.7. The number of hydrogen-bond donors (Lipinski definition) is 1. The molecule has 0 spiro atoms. The van der Waals surface area contributed by atoms with Crippen molar-refractivity contribution in [2.75, 3.05) is 0 Å². The fourth-order valence-electron chi connectivity index (χ4n) is 2.94. The minimum absolute atomic E-state index is 0.113. The minimum atomic E-state index is -4.04. The van der Waals surface area contributed by atoms with Crippen molar-refractivity contribution < 1.29 is 13.2 Å². The van der Waals surface area contributed by atoms with Gasteiger partial charge in [0.25, 0.3) is 15.9 Å². The Hall–Kier alpha value is -2.24. The van der Waals surface area contributed by atoms with Crippen LogP contribution in [-0.2, 0) is 10.0 Å². The minimum Gasteiger partial charge on any atom is -0.267 e. The predicted molar refractivity (Wildman–Crippen MR) is 93.9 cm³/mol. The van der Waals surface area contributed by atoms with Crippen LogP contribution >= 0.6 is 11.3 Å². The Labute approximate surface area is 150 Å². The van der Waals surface area contributed by atoms with Crippen LogP contribution < -0.4 is 4.72 Å². The number of aromatic nitrogens is 1. The lowest BCUT2D eigenvalue weighted by Crippen LogP contribution is -2.30. The van der Waals surface area contributed by atoms with Crippen molar-refractivity contribution in [2.45, 2.75) is 43.4 Å². The van der Waals surface area contributed by atoms with Gasteiger partial charge in [0.2, 0.25) is 0 Å². The smallest absolute Gasteiger partial charge is 0.267 e. The topological polar surface area (TPSA) is 99.9 Å². The quantitative estimate of drug-likeness (QED) is 0.885. The average molecular weight is 375 g/mol. The van der Waals surface area contributed by atoms with Crippen LogP contribution in [0.3, 0.4) is 0 Å². The molecule has 1 aliphatic carbocycles. The normalized spacial score (nSPS) is 15.0. The van der Waals surface area contributed by atoms with E-state index in [0.29, 0.717) is 16.5 Å². The maximum atomic E-state index is 12.5. The number of hydrogen-bond acceptors (Lipinski definition) is 6. The third-order valence-electron chi connectivity index (χ3n) is 4.22. The maximum Gasteiger partial charge on any atom is 0.276 e. The summed E-state index contributed by atoms with van der Waals surface area (Å²) in [6.07, 6.45) is 4.45. The molecule has 25 heavy (non-hydrogen) atoms. The van der Waals surface area contributed by atoms with Crippen LogP contribution in [0, 0.1) is 18.3 Å². The summed E-state index contributed by atoms with van der Waals surface area (Å²) >= 11 is 1.27. The molecule has 0 unspecified atom stereocenters. The van der Waals surface area contributed by atoms with E-state index < -0.39 is 15.9 Å². The third kappa shape index (κ3) is 3.72. The van der Waals surface area contributed by atoms with Crippen molar-refractivity contribution in [3.05, 3.63) is 45.4 Å². The Bertz CT molecular complexity index is 952. The molecule has 3 rings (SSSR count). The van der Waals surface area contributed by atoms with Crippen molar-refractivity contribution >= 4 is 27.3 Å². The molecule has 1 N–H and O–H groups in total. The summed E-state index contributed by atoms with van der Waals surface area (Å²) in [5.41, 5.74) is 0.762. The number of carbonyl (C=O) groups excluding carboxylic acids is 1. The highest BCUT2D eigenvalue weighted by molar-refractivity contribution is 7.90. The number of amides is 1. The van der Waals surface area contributed by atoms with Gasteiger partial charge in [-0.25, -0.2) is 18.1 Å². The summed E-state index contributed by atoms with van der Waals surface area (Å²) in [6, 6.07) is 7.43. The van der Waals surface area contributed by atoms with Gasteiger partial charge in [0, 0.05) is 5.92 Å². The van der Waals surface area contributed by atoms with Crippen LogP contribution in [-0.4, -0.2) is 19.3 Å². The summed E-state index contributed by atoms with van der Waals surface area (Å²) in [4.78, 5) is 17.1. The van der Waals surface area contributed by atoms with E-state index in [1.54, 1.807) is 6.92 Å². The van der Waals surface area contributed by atoms with Crippen LogP contribution in [0.2, 0.25) is 0 Å². The first-order valence-corrected chi connectivity index (χ1v) is 10.3. The van der Waals surface area contributed by atoms with E-state index in [1.807, 2.05) is 6.07 Å². The number of carbonyl (C=O) groups is 1. The maximum absolute atomic E-state index is 12.5. The summed E-state index contributed by atoms with van der Waals surface area (Å²) in [5, 5.41) is 9.80. The van der Waals surface area contributed by atoms with Gasteiger partial charge >= 0.3 is 0 Å². The number of nitriles is 1. The molecule has 1 aromatic carbocycles. The fraction of sp³-hybridized carbons (Fsp3) is 0.353. The van der Waals surface area contributed by atoms with E-state index >= 15 is 0 Å². The standard InChI is InChI=1S/C17H17N3O3S2/c1-11-15(24-17(19-11)13-6-2-3-7-13)16(21)20-25(22,23)14-8-4-5-12(9-14)10-18/h4-5,8-9,13H,2-3,6-7H2,1H3,(H,20,21). The molecule has 0 radical (unpaired) electrons. The Morgan fingerprint density at radius 1 is 1.36 bits per heavy atom. The molecule has 2 aromatic rings. The van der Waals surface area contributed by atoms with Crippen molar-refractivity contribution in [2.24, 2.45) is 0 Å². The molecule has 130 valence electrons. The number of nitrogens with zero attached hydrogens (tertiary/aromatic N) is 2. The zero-order chi connectivity index (χ0) is 18.0. The highest BCUT2D eigenvalue weighted by Crippen LogP contribution is 2.37. The number of sulfonamides is 1. The van der Waals surface area contributed by atoms with Crippen molar-refractivity contribution in [3.63, 3.8) is 0 Å². The monoisotopic (exact) mass is 375 g/mol. The van der Waals surface area contributed by atoms with Gasteiger partial charge in [-0.15, -0.1) is 11.3 Å². The molecule has 1 aliphatic rings. The van der Waals surface area contributed by atoms with Crippen molar-refractivity contribution in [1.82, 2.24) is 9.71 Å². The molecule has 1 fully saturated rings. The van der Waals surface area contributed by atoms with Gasteiger partial charge in [-0.2, -0.15) is 5.26 Å². The summed E-state index contributed by atoms with van der Waals surface area (Å²) in [5.74, 6) is -0.309. The van der Waals surface area contributed by atoms with Crippen LogP contribution in [0.15, 0.2) is 29.2 Å². The van der Waals surface area contributed by atoms with Gasteiger partial charge in [-0.1, -0.05) is 18.9 Å². The molecular formula is C17H17N3O3S2. The molecule has 0 saturated heterocycles. The van der Waals surface area contributed by atoms with Gasteiger partial charge in [0.1, 0.15) is 4.88 Å². The first-order valence-electron chi connectivity index (χ1n) is 7.95. The molecule has 0 bridgehead atoms. The Kier molecular flexibility index (Phi) is 4.88. The number of nitrogens with one attached hydrogen (secondary N) is 1. The Morgan fingerprint density at radius 3 is 2.76 bits per heavy atom. The second kappa shape index (κ2) is 6.94. The molecule has 8 heteroatoms. The predicted octanol–water partition coefficient (Wildman–Crippen LogP) is 3.10. The van der Waals surface area contributed by atoms with Gasteiger partial charge < -0.3 is 0 Å². The number of benzene rings is 1. The van der Waals surface area contributed by atoms with Crippen LogP contribution in [0.5, 0.6) is 0 Å². The van der Waals surface area contributed by atoms with Gasteiger partial charge in [-0.3, -0.25) is 4.79 Å². The van der Waals surface area contributed by atoms with E-state index in [2.05, 4.69) is 9.71 Å². The summed E-state index contributed by atoms with van der Waals surface area (Å²) in [7, 11) is -4.04. The van der Waals surface area contributed by atoms with E-state index in [9.17, 15) is 13.2 Å². The van der Waals surface area contributed by atoms with E-state index in [0.717, 1.165) is 30.7 Å². The zero-order valence-corrected chi connectivity index (χ0v) is 15.3. The molecule has 0 atom stereocenters. The lowest BCUT2D eigenvalue weighted by molar-refractivity contribution is 0.0984.